The van der Waals surface area contributed by atoms with Crippen LogP contribution in [0.15, 0.2) is 42.7 Å². The second kappa shape index (κ2) is 7.49. The summed E-state index contributed by atoms with van der Waals surface area (Å²) in [5, 5.41) is 3.11. The van der Waals surface area contributed by atoms with Gasteiger partial charge >= 0.3 is 5.97 Å². The fourth-order valence-corrected chi connectivity index (χ4v) is 2.92. The lowest BCUT2D eigenvalue weighted by Crippen LogP contribution is -2.21. The molecule has 0 saturated heterocycles. The van der Waals surface area contributed by atoms with Crippen LogP contribution >= 0.6 is 11.6 Å². The van der Waals surface area contributed by atoms with Crippen LogP contribution in [0.25, 0.3) is 11.0 Å². The molecule has 2 aromatic carbocycles. The number of carbonyl (C=O) groups excluding carboxylic acids is 2. The molecule has 0 radical (unpaired) electrons. The minimum Gasteiger partial charge on any atom is -0.452 e. The minimum atomic E-state index is -0.612. The maximum atomic E-state index is 12.1. The smallest absolute Gasteiger partial charge is 0.338 e. The number of rotatable bonds is 4. The van der Waals surface area contributed by atoms with Crippen molar-refractivity contribution in [1.82, 2.24) is 9.97 Å². The molecular formula is C19H16ClN3O3. The number of aryl methyl sites for hydroxylation is 2. The van der Waals surface area contributed by atoms with E-state index in [1.807, 2.05) is 19.9 Å². The Bertz CT molecular complexity index is 981. The van der Waals surface area contributed by atoms with Gasteiger partial charge in [-0.05, 0) is 49.2 Å². The number of carbonyl (C=O) groups is 2. The van der Waals surface area contributed by atoms with Crippen LogP contribution in [0.2, 0.25) is 5.02 Å². The van der Waals surface area contributed by atoms with Crippen molar-refractivity contribution in [3.05, 3.63) is 64.4 Å². The van der Waals surface area contributed by atoms with E-state index in [-0.39, 0.29) is 0 Å². The number of ether oxygens (including phenoxy) is 1. The molecule has 0 unspecified atom stereocenters. The summed E-state index contributed by atoms with van der Waals surface area (Å²) in [4.78, 5) is 32.5. The number of benzene rings is 2. The number of amides is 1. The van der Waals surface area contributed by atoms with Crippen molar-refractivity contribution in [3.8, 4) is 0 Å². The van der Waals surface area contributed by atoms with Crippen molar-refractivity contribution in [1.29, 1.82) is 0 Å². The Hall–Kier alpha value is -2.99. The molecule has 7 heteroatoms. The van der Waals surface area contributed by atoms with Gasteiger partial charge in [0.05, 0.1) is 27.3 Å². The lowest BCUT2D eigenvalue weighted by atomic mass is 10.1. The third-order valence-corrected chi connectivity index (χ3v) is 4.03. The molecule has 26 heavy (non-hydrogen) atoms. The Labute approximate surface area is 155 Å². The van der Waals surface area contributed by atoms with Crippen molar-refractivity contribution < 1.29 is 14.3 Å². The Morgan fingerprint density at radius 3 is 2.54 bits per heavy atom. The summed E-state index contributed by atoms with van der Waals surface area (Å²) in [6.45, 7) is 3.35. The second-order valence-corrected chi connectivity index (χ2v) is 6.23. The van der Waals surface area contributed by atoms with E-state index < -0.39 is 18.5 Å². The number of fused-ring (bicyclic) bond motifs is 1. The highest BCUT2D eigenvalue weighted by molar-refractivity contribution is 6.34. The van der Waals surface area contributed by atoms with Gasteiger partial charge in [-0.15, -0.1) is 0 Å². The van der Waals surface area contributed by atoms with Crippen LogP contribution in [0, 0.1) is 13.8 Å². The highest BCUT2D eigenvalue weighted by Crippen LogP contribution is 2.27. The van der Waals surface area contributed by atoms with Gasteiger partial charge in [-0.25, -0.2) is 4.79 Å². The van der Waals surface area contributed by atoms with E-state index in [0.29, 0.717) is 27.3 Å². The van der Waals surface area contributed by atoms with E-state index in [0.717, 1.165) is 11.1 Å². The molecule has 1 aromatic heterocycles. The summed E-state index contributed by atoms with van der Waals surface area (Å²) in [5.41, 5.74) is 3.90. The first kappa shape index (κ1) is 17.8. The van der Waals surface area contributed by atoms with Gasteiger partial charge in [-0.1, -0.05) is 17.7 Å². The summed E-state index contributed by atoms with van der Waals surface area (Å²) in [5.74, 6) is -1.08. The number of nitrogens with one attached hydrogen (secondary N) is 1. The summed E-state index contributed by atoms with van der Waals surface area (Å²) >= 11 is 6.16. The van der Waals surface area contributed by atoms with E-state index in [9.17, 15) is 9.59 Å². The molecule has 0 saturated carbocycles. The number of hydrogen-bond acceptors (Lipinski definition) is 5. The van der Waals surface area contributed by atoms with Gasteiger partial charge < -0.3 is 10.1 Å². The lowest BCUT2D eigenvalue weighted by molar-refractivity contribution is -0.119. The third kappa shape index (κ3) is 3.97. The third-order valence-electron chi connectivity index (χ3n) is 3.74. The van der Waals surface area contributed by atoms with Crippen LogP contribution in [-0.2, 0) is 9.53 Å². The summed E-state index contributed by atoms with van der Waals surface area (Å²) < 4.78 is 5.07. The number of aromatic nitrogens is 2. The van der Waals surface area contributed by atoms with Gasteiger partial charge in [-0.2, -0.15) is 0 Å². The number of esters is 1. The first-order valence-corrected chi connectivity index (χ1v) is 8.26. The fraction of sp³-hybridized carbons (Fsp3) is 0.158. The number of hydrogen-bond donors (Lipinski definition) is 1. The molecular weight excluding hydrogens is 354 g/mol. The quantitative estimate of drug-likeness (QED) is 0.709. The van der Waals surface area contributed by atoms with Gasteiger partial charge in [0.2, 0.25) is 0 Å². The largest absolute Gasteiger partial charge is 0.452 e. The number of anilines is 1. The Morgan fingerprint density at radius 2 is 1.81 bits per heavy atom. The van der Waals surface area contributed by atoms with Crippen molar-refractivity contribution >= 4 is 40.2 Å². The predicted molar refractivity (Wildman–Crippen MR) is 99.4 cm³/mol. The van der Waals surface area contributed by atoms with Gasteiger partial charge in [0.15, 0.2) is 6.61 Å². The van der Waals surface area contributed by atoms with E-state index in [1.54, 1.807) is 36.7 Å². The van der Waals surface area contributed by atoms with E-state index in [1.165, 1.54) is 0 Å². The predicted octanol–water partition coefficient (Wildman–Crippen LogP) is 3.70. The zero-order chi connectivity index (χ0) is 18.7. The van der Waals surface area contributed by atoms with Gasteiger partial charge in [0.25, 0.3) is 5.91 Å². The summed E-state index contributed by atoms with van der Waals surface area (Å²) in [7, 11) is 0. The first-order valence-electron chi connectivity index (χ1n) is 7.88. The van der Waals surface area contributed by atoms with Crippen LogP contribution in [0.5, 0.6) is 0 Å². The van der Waals surface area contributed by atoms with Crippen LogP contribution in [0.3, 0.4) is 0 Å². The highest BCUT2D eigenvalue weighted by atomic mass is 35.5. The molecule has 0 atom stereocenters. The molecule has 1 amide bonds. The maximum Gasteiger partial charge on any atom is 0.338 e. The van der Waals surface area contributed by atoms with E-state index in [2.05, 4.69) is 15.3 Å². The molecule has 0 aliphatic carbocycles. The number of nitrogens with zero attached hydrogens (tertiary/aromatic N) is 2. The minimum absolute atomic E-state index is 0.301. The standard InChI is InChI=1S/C19H16ClN3O3/c1-11-7-12(2)18(14(20)8-11)23-17(24)10-26-19(25)13-3-4-15-16(9-13)22-6-5-21-15/h3-9H,10H2,1-2H3,(H,23,24). The monoisotopic (exact) mass is 369 g/mol. The molecule has 1 N–H and O–H groups in total. The van der Waals surface area contributed by atoms with Gasteiger partial charge in [0, 0.05) is 12.4 Å². The van der Waals surface area contributed by atoms with Gasteiger partial charge in [0.1, 0.15) is 0 Å². The number of halogens is 1. The summed E-state index contributed by atoms with van der Waals surface area (Å²) in [6, 6.07) is 8.49. The molecule has 132 valence electrons. The molecule has 0 spiro atoms. The van der Waals surface area contributed by atoms with Crippen molar-refractivity contribution in [2.45, 2.75) is 13.8 Å². The maximum absolute atomic E-state index is 12.1. The molecule has 0 aliphatic heterocycles. The molecule has 0 aliphatic rings. The van der Waals surface area contributed by atoms with Gasteiger partial charge in [-0.3, -0.25) is 14.8 Å². The van der Waals surface area contributed by atoms with Crippen molar-refractivity contribution in [2.24, 2.45) is 0 Å². The van der Waals surface area contributed by atoms with Crippen LogP contribution < -0.4 is 5.32 Å². The zero-order valence-electron chi connectivity index (χ0n) is 14.2. The van der Waals surface area contributed by atoms with Crippen LogP contribution in [-0.4, -0.2) is 28.5 Å². The zero-order valence-corrected chi connectivity index (χ0v) is 15.0. The SMILES string of the molecule is Cc1cc(C)c(NC(=O)COC(=O)c2ccc3nccnc3c2)c(Cl)c1. The molecule has 6 nitrogen and oxygen atoms in total. The molecule has 1 heterocycles. The molecule has 0 fully saturated rings. The second-order valence-electron chi connectivity index (χ2n) is 5.82. The average Bonchev–Trinajstić information content (AvgIpc) is 2.62. The lowest BCUT2D eigenvalue weighted by Gasteiger charge is -2.12. The Balaban J connectivity index is 1.64. The first-order chi connectivity index (χ1) is 12.4. The topological polar surface area (TPSA) is 81.2 Å². The van der Waals surface area contributed by atoms with E-state index in [4.69, 9.17) is 16.3 Å². The van der Waals surface area contributed by atoms with E-state index >= 15 is 0 Å². The highest BCUT2D eigenvalue weighted by Gasteiger charge is 2.14. The average molecular weight is 370 g/mol. The normalized spacial score (nSPS) is 10.6. The Kier molecular flexibility index (Phi) is 5.14. The Morgan fingerprint density at radius 1 is 1.08 bits per heavy atom. The summed E-state index contributed by atoms with van der Waals surface area (Å²) in [6.07, 6.45) is 3.11. The van der Waals surface area contributed by atoms with Crippen LogP contribution in [0.1, 0.15) is 21.5 Å². The fourth-order valence-electron chi connectivity index (χ4n) is 2.55. The molecule has 0 bridgehead atoms. The van der Waals surface area contributed by atoms with Crippen molar-refractivity contribution in [3.63, 3.8) is 0 Å². The van der Waals surface area contributed by atoms with Crippen LogP contribution in [0.4, 0.5) is 5.69 Å². The molecule has 3 rings (SSSR count). The molecule has 3 aromatic rings. The van der Waals surface area contributed by atoms with Crippen molar-refractivity contribution in [2.75, 3.05) is 11.9 Å².